The minimum absolute atomic E-state index is 0.0278. The number of hydrogen-bond donors (Lipinski definition) is 7. The molecule has 0 spiro atoms. The summed E-state index contributed by atoms with van der Waals surface area (Å²) in [6.07, 6.45) is -6.24. The Morgan fingerprint density at radius 3 is 2.35 bits per heavy atom. The molecule has 4 rings (SSSR count). The minimum Gasteiger partial charge on any atom is -0.390 e. The maximum absolute atomic E-state index is 13.5. The van der Waals surface area contributed by atoms with Crippen molar-refractivity contribution in [1.29, 1.82) is 0 Å². The molecule has 2 aliphatic heterocycles. The van der Waals surface area contributed by atoms with Gasteiger partial charge in [0.05, 0.1) is 24.3 Å². The van der Waals surface area contributed by atoms with Crippen LogP contribution < -0.4 is 16.0 Å². The van der Waals surface area contributed by atoms with Gasteiger partial charge in [-0.15, -0.1) is 0 Å². The normalized spacial score (nSPS) is 44.4. The van der Waals surface area contributed by atoms with Crippen molar-refractivity contribution in [3.05, 3.63) is 35.4 Å². The largest absolute Gasteiger partial charge is 0.390 e. The molecular weight excluding hydrogens is 456 g/mol. The minimum atomic E-state index is -2.34. The van der Waals surface area contributed by atoms with Crippen molar-refractivity contribution < 1.29 is 43.4 Å². The molecule has 3 aliphatic rings. The Morgan fingerprint density at radius 2 is 1.71 bits per heavy atom. The van der Waals surface area contributed by atoms with E-state index in [1.54, 1.807) is 21.0 Å². The summed E-state index contributed by atoms with van der Waals surface area (Å²) in [5.41, 5.74) is -1.47. The number of hydrogen-bond acceptors (Lipinski definition) is 10. The van der Waals surface area contributed by atoms with Crippen molar-refractivity contribution in [2.24, 2.45) is 0 Å². The van der Waals surface area contributed by atoms with Crippen LogP contribution in [0, 0.1) is 11.6 Å². The lowest BCUT2D eigenvalue weighted by Crippen LogP contribution is -2.81. The predicted molar refractivity (Wildman–Crippen MR) is 114 cm³/mol. The SMILES string of the molecule is CN[C@@H]1[C@H](O)[C@H](NC)[C@H]2O[C@]3(O)[C@H](O[C@@H]2[C@H]1O)O[C@H](C)C[C@@]3(O)CNCc1ccc(F)c(F)c1. The number of benzene rings is 1. The van der Waals surface area contributed by atoms with Gasteiger partial charge in [-0.1, -0.05) is 6.07 Å². The number of likely N-dealkylation sites (N-methyl/N-ethyl adjacent to an activating group) is 2. The Morgan fingerprint density at radius 1 is 1.00 bits per heavy atom. The molecule has 0 bridgehead atoms. The fourth-order valence-electron chi connectivity index (χ4n) is 5.29. The third kappa shape index (κ3) is 4.26. The second kappa shape index (κ2) is 9.62. The van der Waals surface area contributed by atoms with Gasteiger partial charge in [-0.2, -0.15) is 0 Å². The van der Waals surface area contributed by atoms with E-state index in [9.17, 15) is 29.2 Å². The van der Waals surface area contributed by atoms with Gasteiger partial charge in [0.25, 0.3) is 0 Å². The van der Waals surface area contributed by atoms with Crippen LogP contribution in [0.5, 0.6) is 0 Å². The highest BCUT2D eigenvalue weighted by Gasteiger charge is 2.68. The molecule has 1 aromatic carbocycles. The topological polar surface area (TPSA) is 145 Å². The number of aliphatic hydroxyl groups is 4. The van der Waals surface area contributed by atoms with E-state index < -0.39 is 71.9 Å². The number of rotatable bonds is 6. The van der Waals surface area contributed by atoms with E-state index in [0.717, 1.165) is 12.1 Å². The number of fused-ring (bicyclic) bond motifs is 2. The first-order valence-corrected chi connectivity index (χ1v) is 11.3. The monoisotopic (exact) mass is 489 g/mol. The number of ether oxygens (including phenoxy) is 3. The summed E-state index contributed by atoms with van der Waals surface area (Å²) in [4.78, 5) is 0. The molecule has 10 nitrogen and oxygen atoms in total. The fraction of sp³-hybridized carbons (Fsp3) is 0.727. The molecule has 1 saturated carbocycles. The van der Waals surface area contributed by atoms with Crippen molar-refractivity contribution in [2.45, 2.75) is 80.2 Å². The first kappa shape index (κ1) is 25.8. The quantitative estimate of drug-likeness (QED) is 0.247. The molecule has 192 valence electrons. The van der Waals surface area contributed by atoms with E-state index in [1.165, 1.54) is 6.07 Å². The Labute approximate surface area is 196 Å². The smallest absolute Gasteiger partial charge is 0.249 e. The highest BCUT2D eigenvalue weighted by molar-refractivity contribution is 5.18. The third-order valence-corrected chi connectivity index (χ3v) is 7.08. The summed E-state index contributed by atoms with van der Waals surface area (Å²) in [6, 6.07) is 1.99. The molecule has 7 N–H and O–H groups in total. The van der Waals surface area contributed by atoms with Crippen LogP contribution in [0.3, 0.4) is 0 Å². The maximum Gasteiger partial charge on any atom is 0.249 e. The van der Waals surface area contributed by atoms with E-state index in [0.29, 0.717) is 5.56 Å². The standard InChI is InChI=1S/C22H33F2N3O7/c1-10-7-21(30,9-27-8-11-4-5-12(23)13(24)6-11)22(31)20(32-10)33-19-17(29)14(25-2)16(28)15(26-3)18(19)34-22/h4-6,10,14-20,25-31H,7-9H2,1-3H3/t10-,14-,15+,16+,17+,18-,19-,20+,21-,22-/m1/s1. The van der Waals surface area contributed by atoms with Gasteiger partial charge in [0.1, 0.15) is 23.9 Å². The Bertz CT molecular complexity index is 885. The van der Waals surface area contributed by atoms with Crippen LogP contribution in [-0.4, -0.2) is 101 Å². The summed E-state index contributed by atoms with van der Waals surface area (Å²) < 4.78 is 44.4. The first-order chi connectivity index (χ1) is 16.0. The highest BCUT2D eigenvalue weighted by Crippen LogP contribution is 2.46. The fourth-order valence-corrected chi connectivity index (χ4v) is 5.29. The summed E-state index contributed by atoms with van der Waals surface area (Å²) >= 11 is 0. The van der Waals surface area contributed by atoms with Crippen molar-refractivity contribution in [3.8, 4) is 0 Å². The van der Waals surface area contributed by atoms with Crippen LogP contribution in [0.2, 0.25) is 0 Å². The molecule has 0 aromatic heterocycles. The van der Waals surface area contributed by atoms with Crippen LogP contribution in [0.1, 0.15) is 18.9 Å². The average molecular weight is 490 g/mol. The first-order valence-electron chi connectivity index (χ1n) is 11.3. The van der Waals surface area contributed by atoms with Crippen molar-refractivity contribution in [3.63, 3.8) is 0 Å². The molecule has 2 saturated heterocycles. The number of aliphatic hydroxyl groups excluding tert-OH is 2. The molecule has 10 atom stereocenters. The van der Waals surface area contributed by atoms with Gasteiger partial charge in [0.15, 0.2) is 11.6 Å². The van der Waals surface area contributed by atoms with E-state index in [-0.39, 0.29) is 19.5 Å². The van der Waals surface area contributed by atoms with Crippen LogP contribution in [0.15, 0.2) is 18.2 Å². The zero-order chi connectivity index (χ0) is 24.8. The molecule has 34 heavy (non-hydrogen) atoms. The lowest BCUT2D eigenvalue weighted by Gasteiger charge is -2.60. The van der Waals surface area contributed by atoms with Gasteiger partial charge in [0, 0.05) is 19.5 Å². The summed E-state index contributed by atoms with van der Waals surface area (Å²) in [5, 5.41) is 53.4. The van der Waals surface area contributed by atoms with Crippen molar-refractivity contribution >= 4 is 0 Å². The predicted octanol–water partition coefficient (Wildman–Crippen LogP) is -1.70. The molecule has 1 aromatic rings. The van der Waals surface area contributed by atoms with Gasteiger partial charge in [-0.25, -0.2) is 8.78 Å². The summed E-state index contributed by atoms with van der Waals surface area (Å²) in [6.45, 7) is 1.59. The number of halogens is 2. The molecule has 0 amide bonds. The van der Waals surface area contributed by atoms with Crippen LogP contribution in [-0.2, 0) is 20.8 Å². The molecule has 12 heteroatoms. The van der Waals surface area contributed by atoms with Gasteiger partial charge >= 0.3 is 0 Å². The Balaban J connectivity index is 1.56. The van der Waals surface area contributed by atoms with E-state index >= 15 is 0 Å². The van der Waals surface area contributed by atoms with E-state index in [1.807, 2.05) is 0 Å². The molecule has 3 fully saturated rings. The lowest BCUT2D eigenvalue weighted by molar-refractivity contribution is -0.482. The van der Waals surface area contributed by atoms with Crippen molar-refractivity contribution in [2.75, 3.05) is 20.6 Å². The summed E-state index contributed by atoms with van der Waals surface area (Å²) in [5.74, 6) is -4.29. The molecular formula is C22H33F2N3O7. The molecule has 2 heterocycles. The Kier molecular flexibility index (Phi) is 7.29. The van der Waals surface area contributed by atoms with Gasteiger partial charge in [0.2, 0.25) is 12.1 Å². The van der Waals surface area contributed by atoms with Crippen molar-refractivity contribution in [1.82, 2.24) is 16.0 Å². The van der Waals surface area contributed by atoms with Gasteiger partial charge in [-0.3, -0.25) is 0 Å². The van der Waals surface area contributed by atoms with Gasteiger partial charge < -0.3 is 50.6 Å². The molecule has 0 radical (unpaired) electrons. The molecule has 1 aliphatic carbocycles. The Hall–Kier alpha value is -1.32. The maximum atomic E-state index is 13.5. The number of nitrogens with one attached hydrogen (secondary N) is 3. The zero-order valence-electron chi connectivity index (χ0n) is 19.2. The average Bonchev–Trinajstić information content (AvgIpc) is 2.77. The second-order valence-corrected chi connectivity index (χ2v) is 9.36. The molecule has 0 unspecified atom stereocenters. The van der Waals surface area contributed by atoms with E-state index in [4.69, 9.17) is 14.2 Å². The second-order valence-electron chi connectivity index (χ2n) is 9.36. The van der Waals surface area contributed by atoms with Crippen LogP contribution >= 0.6 is 0 Å². The van der Waals surface area contributed by atoms with Crippen LogP contribution in [0.4, 0.5) is 8.78 Å². The van der Waals surface area contributed by atoms with Gasteiger partial charge in [-0.05, 0) is 38.7 Å². The summed E-state index contributed by atoms with van der Waals surface area (Å²) in [7, 11) is 3.20. The van der Waals surface area contributed by atoms with E-state index in [2.05, 4.69) is 16.0 Å². The van der Waals surface area contributed by atoms with Crippen LogP contribution in [0.25, 0.3) is 0 Å². The zero-order valence-corrected chi connectivity index (χ0v) is 19.2. The highest BCUT2D eigenvalue weighted by atomic mass is 19.2. The lowest BCUT2D eigenvalue weighted by atomic mass is 9.77. The third-order valence-electron chi connectivity index (χ3n) is 7.08.